The highest BCUT2D eigenvalue weighted by molar-refractivity contribution is 5.81. The van der Waals surface area contributed by atoms with Crippen LogP contribution in [0.25, 0.3) is 22.4 Å². The quantitative estimate of drug-likeness (QED) is 0.317. The number of rotatable bonds is 5. The summed E-state index contributed by atoms with van der Waals surface area (Å²) in [5.74, 6) is 1.76. The van der Waals surface area contributed by atoms with Crippen molar-refractivity contribution in [2.24, 2.45) is 0 Å². The molecule has 0 bridgehead atoms. The fourth-order valence-electron chi connectivity index (χ4n) is 4.73. The average Bonchev–Trinajstić information content (AvgIpc) is 3.54. The first-order valence-corrected chi connectivity index (χ1v) is 12.8. The van der Waals surface area contributed by atoms with Gasteiger partial charge >= 0.3 is 6.18 Å². The molecule has 0 radical (unpaired) electrons. The van der Waals surface area contributed by atoms with Crippen LogP contribution in [-0.2, 0) is 17.5 Å². The number of methoxy groups -OCH3 is 1. The van der Waals surface area contributed by atoms with Crippen molar-refractivity contribution in [1.82, 2.24) is 19.4 Å². The molecule has 2 aromatic heterocycles. The van der Waals surface area contributed by atoms with Crippen LogP contribution >= 0.6 is 0 Å². The molecule has 0 saturated carbocycles. The maximum Gasteiger partial charge on any atom is 0.416 e. The largest absolute Gasteiger partial charge is 0.496 e. The fraction of sp³-hybridized carbons (Fsp3) is 0.393. The Bertz CT molecular complexity index is 1450. The Hall–Kier alpha value is -4.02. The Morgan fingerprint density at radius 3 is 2.54 bits per heavy atom. The lowest BCUT2D eigenvalue weighted by atomic mass is 10.1. The number of aromatic nitrogens is 3. The predicted octanol–water partition coefficient (Wildman–Crippen LogP) is 5.79. The second-order valence-corrected chi connectivity index (χ2v) is 9.08. The van der Waals surface area contributed by atoms with Crippen molar-refractivity contribution in [1.29, 1.82) is 0 Å². The SMILES string of the molecule is CC.COc1cc(N2CCN(C(=O)Cn3cnc4cc(C(F)(F)F)ccc43)C(C)C2)ccc1-c1cnc(C)o1. The Labute approximate surface area is 225 Å². The van der Waals surface area contributed by atoms with Gasteiger partial charge in [0.2, 0.25) is 5.91 Å². The number of aryl methyl sites for hydroxylation is 1. The van der Waals surface area contributed by atoms with E-state index in [1.54, 1.807) is 29.7 Å². The Morgan fingerprint density at radius 2 is 1.90 bits per heavy atom. The molecular formula is C28H32F3N5O3. The second kappa shape index (κ2) is 11.4. The van der Waals surface area contributed by atoms with Gasteiger partial charge in [-0.3, -0.25) is 4.79 Å². The molecule has 8 nitrogen and oxygen atoms in total. The fourth-order valence-corrected chi connectivity index (χ4v) is 4.73. The minimum Gasteiger partial charge on any atom is -0.496 e. The van der Waals surface area contributed by atoms with E-state index in [0.717, 1.165) is 23.4 Å². The molecule has 1 aliphatic heterocycles. The first-order valence-electron chi connectivity index (χ1n) is 12.8. The number of oxazole rings is 1. The molecule has 3 heterocycles. The summed E-state index contributed by atoms with van der Waals surface area (Å²) in [6.45, 7) is 9.52. The van der Waals surface area contributed by atoms with Gasteiger partial charge in [-0.2, -0.15) is 13.2 Å². The topological polar surface area (TPSA) is 76.6 Å². The molecule has 1 saturated heterocycles. The van der Waals surface area contributed by atoms with Crippen molar-refractivity contribution in [3.63, 3.8) is 0 Å². The molecule has 11 heteroatoms. The molecule has 4 aromatic rings. The van der Waals surface area contributed by atoms with E-state index in [9.17, 15) is 18.0 Å². The Morgan fingerprint density at radius 1 is 1.13 bits per heavy atom. The third kappa shape index (κ3) is 5.86. The Kier molecular flexibility index (Phi) is 8.17. The highest BCUT2D eigenvalue weighted by atomic mass is 19.4. The predicted molar refractivity (Wildman–Crippen MR) is 143 cm³/mol. The van der Waals surface area contributed by atoms with Crippen molar-refractivity contribution in [3.05, 3.63) is 60.4 Å². The summed E-state index contributed by atoms with van der Waals surface area (Å²) < 4.78 is 51.8. The number of anilines is 1. The van der Waals surface area contributed by atoms with Gasteiger partial charge in [0, 0.05) is 44.4 Å². The number of carbonyl (C=O) groups is 1. The van der Waals surface area contributed by atoms with Crippen LogP contribution < -0.4 is 9.64 Å². The summed E-state index contributed by atoms with van der Waals surface area (Å²) in [6.07, 6.45) is -1.37. The molecule has 0 spiro atoms. The van der Waals surface area contributed by atoms with Crippen LogP contribution in [0.2, 0.25) is 0 Å². The number of nitrogens with zero attached hydrogens (tertiary/aromatic N) is 5. The minimum absolute atomic E-state index is 0.00528. The number of hydrogen-bond donors (Lipinski definition) is 0. The van der Waals surface area contributed by atoms with E-state index < -0.39 is 11.7 Å². The number of amides is 1. The first-order chi connectivity index (χ1) is 18.6. The molecule has 39 heavy (non-hydrogen) atoms. The van der Waals surface area contributed by atoms with E-state index in [1.807, 2.05) is 39.0 Å². The van der Waals surface area contributed by atoms with Crippen molar-refractivity contribution < 1.29 is 27.1 Å². The monoisotopic (exact) mass is 543 g/mol. The number of imidazole rings is 1. The van der Waals surface area contributed by atoms with Crippen molar-refractivity contribution >= 4 is 22.6 Å². The summed E-state index contributed by atoms with van der Waals surface area (Å²) >= 11 is 0. The van der Waals surface area contributed by atoms with Gasteiger partial charge in [-0.25, -0.2) is 9.97 Å². The number of carbonyl (C=O) groups excluding carboxylic acids is 1. The summed E-state index contributed by atoms with van der Waals surface area (Å²) in [6, 6.07) is 9.17. The van der Waals surface area contributed by atoms with Gasteiger partial charge in [0.05, 0.1) is 41.8 Å². The zero-order valence-electron chi connectivity index (χ0n) is 22.6. The summed E-state index contributed by atoms with van der Waals surface area (Å²) in [5.41, 5.74) is 1.71. The summed E-state index contributed by atoms with van der Waals surface area (Å²) in [7, 11) is 1.61. The number of halogens is 3. The molecule has 208 valence electrons. The highest BCUT2D eigenvalue weighted by Crippen LogP contribution is 2.35. The number of alkyl halides is 3. The Balaban J connectivity index is 0.00000172. The van der Waals surface area contributed by atoms with E-state index in [-0.39, 0.29) is 24.0 Å². The molecular weight excluding hydrogens is 511 g/mol. The zero-order chi connectivity index (χ0) is 28.3. The second-order valence-electron chi connectivity index (χ2n) is 9.08. The molecule has 1 aliphatic rings. The molecule has 1 fully saturated rings. The molecule has 0 aliphatic carbocycles. The van der Waals surface area contributed by atoms with E-state index >= 15 is 0 Å². The normalized spacial score (nSPS) is 15.7. The van der Waals surface area contributed by atoms with Crippen LogP contribution in [0, 0.1) is 6.92 Å². The number of fused-ring (bicyclic) bond motifs is 1. The van der Waals surface area contributed by atoms with Crippen molar-refractivity contribution in [3.8, 4) is 17.1 Å². The zero-order valence-corrected chi connectivity index (χ0v) is 22.6. The van der Waals surface area contributed by atoms with Gasteiger partial charge in [0.25, 0.3) is 0 Å². The number of ether oxygens (including phenoxy) is 1. The molecule has 1 unspecified atom stereocenters. The van der Waals surface area contributed by atoms with Gasteiger partial charge < -0.3 is 23.5 Å². The molecule has 1 atom stereocenters. The first kappa shape index (κ1) is 28.0. The lowest BCUT2D eigenvalue weighted by molar-refractivity contribution is -0.137. The maximum absolute atomic E-state index is 13.1. The number of piperazine rings is 1. The average molecular weight is 544 g/mol. The standard InChI is InChI=1S/C26H26F3N5O3.C2H6/c1-16-13-32(19-5-6-20(23(11-19)36-3)24-12-30-17(2)37-24)8-9-34(16)25(35)14-33-15-31-21-10-18(26(27,28)29)4-7-22(21)33;1-2/h4-7,10-12,15-16H,8-9,13-14H2,1-3H3;1-2H3. The van der Waals surface area contributed by atoms with Crippen LogP contribution in [0.5, 0.6) is 5.75 Å². The van der Waals surface area contributed by atoms with E-state index in [2.05, 4.69) is 14.9 Å². The molecule has 2 aromatic carbocycles. The maximum atomic E-state index is 13.1. The van der Waals surface area contributed by atoms with Crippen LogP contribution in [0.15, 0.2) is 53.3 Å². The summed E-state index contributed by atoms with van der Waals surface area (Å²) in [4.78, 5) is 25.3. The smallest absolute Gasteiger partial charge is 0.416 e. The molecule has 0 N–H and O–H groups in total. The van der Waals surface area contributed by atoms with Gasteiger partial charge in [-0.15, -0.1) is 0 Å². The van der Waals surface area contributed by atoms with Crippen LogP contribution in [0.1, 0.15) is 32.2 Å². The van der Waals surface area contributed by atoms with E-state index in [4.69, 9.17) is 9.15 Å². The van der Waals surface area contributed by atoms with E-state index in [0.29, 0.717) is 42.6 Å². The van der Waals surface area contributed by atoms with Crippen molar-refractivity contribution in [2.75, 3.05) is 31.6 Å². The van der Waals surface area contributed by atoms with Crippen LogP contribution in [0.4, 0.5) is 18.9 Å². The minimum atomic E-state index is -4.44. The van der Waals surface area contributed by atoms with Gasteiger partial charge in [0.15, 0.2) is 11.7 Å². The lowest BCUT2D eigenvalue weighted by Crippen LogP contribution is -2.54. The van der Waals surface area contributed by atoms with E-state index in [1.165, 1.54) is 12.4 Å². The number of hydrogen-bond acceptors (Lipinski definition) is 6. The summed E-state index contributed by atoms with van der Waals surface area (Å²) in [5, 5.41) is 0. The van der Waals surface area contributed by atoms with Gasteiger partial charge in [-0.05, 0) is 37.3 Å². The molecule has 1 amide bonds. The van der Waals surface area contributed by atoms with Gasteiger partial charge in [-0.1, -0.05) is 13.8 Å². The third-order valence-electron chi connectivity index (χ3n) is 6.64. The van der Waals surface area contributed by atoms with Crippen LogP contribution in [-0.4, -0.2) is 58.1 Å². The third-order valence-corrected chi connectivity index (χ3v) is 6.64. The number of benzene rings is 2. The highest BCUT2D eigenvalue weighted by Gasteiger charge is 2.31. The van der Waals surface area contributed by atoms with Crippen LogP contribution in [0.3, 0.4) is 0 Å². The van der Waals surface area contributed by atoms with Gasteiger partial charge in [0.1, 0.15) is 12.3 Å². The van der Waals surface area contributed by atoms with Crippen molar-refractivity contribution in [2.45, 2.75) is 46.5 Å². The molecule has 5 rings (SSSR count). The lowest BCUT2D eigenvalue weighted by Gasteiger charge is -2.41.